The highest BCUT2D eigenvalue weighted by Gasteiger charge is 2.12. The Hall–Kier alpha value is -2.81. The van der Waals surface area contributed by atoms with Gasteiger partial charge < -0.3 is 0 Å². The van der Waals surface area contributed by atoms with Crippen molar-refractivity contribution >= 4 is 34.6 Å². The van der Waals surface area contributed by atoms with E-state index in [9.17, 15) is 0 Å². The second-order valence-electron chi connectivity index (χ2n) is 6.98. The van der Waals surface area contributed by atoms with E-state index in [1.54, 1.807) is 0 Å². The summed E-state index contributed by atoms with van der Waals surface area (Å²) >= 11 is 0. The average Bonchev–Trinajstić information content (AvgIpc) is 2.61. The number of fused-ring (bicyclic) bond motifs is 1. The number of nitrogens with zero attached hydrogens (tertiary/aromatic N) is 3. The van der Waals surface area contributed by atoms with Gasteiger partial charge in [-0.2, -0.15) is 5.11 Å². The van der Waals surface area contributed by atoms with Crippen LogP contribution in [-0.4, -0.2) is 6.72 Å². The van der Waals surface area contributed by atoms with Crippen LogP contribution in [0.2, 0.25) is 0 Å². The second kappa shape index (κ2) is 6.83. The number of aryl methyl sites for hydroxylation is 4. The molecule has 3 nitrogen and oxygen atoms in total. The van der Waals surface area contributed by atoms with Crippen LogP contribution in [0.3, 0.4) is 0 Å². The number of azo groups is 1. The molecule has 0 aromatic heterocycles. The topological polar surface area (TPSA) is 37.1 Å². The van der Waals surface area contributed by atoms with Crippen molar-refractivity contribution in [3.63, 3.8) is 0 Å². The minimum absolute atomic E-state index is 0.914. The van der Waals surface area contributed by atoms with Gasteiger partial charge in [-0.3, -0.25) is 4.99 Å². The lowest BCUT2D eigenvalue weighted by Gasteiger charge is -2.13. The molecule has 3 rings (SSSR count). The molecule has 26 heavy (non-hydrogen) atoms. The van der Waals surface area contributed by atoms with Gasteiger partial charge in [-0.05, 0) is 111 Å². The molecule has 0 aliphatic heterocycles. The first kappa shape index (κ1) is 18.0. The number of hydrogen-bond acceptors (Lipinski definition) is 3. The first-order chi connectivity index (χ1) is 12.3. The van der Waals surface area contributed by atoms with Gasteiger partial charge in [0.05, 0.1) is 17.1 Å². The van der Waals surface area contributed by atoms with Crippen molar-refractivity contribution in [1.82, 2.24) is 0 Å². The highest BCUT2D eigenvalue weighted by atomic mass is 15.1. The highest BCUT2D eigenvalue weighted by molar-refractivity contribution is 5.96. The van der Waals surface area contributed by atoms with E-state index in [4.69, 9.17) is 0 Å². The lowest BCUT2D eigenvalue weighted by atomic mass is 9.95. The number of aliphatic imine (C=N–C) groups is 1. The van der Waals surface area contributed by atoms with Gasteiger partial charge in [-0.15, -0.1) is 5.11 Å². The van der Waals surface area contributed by atoms with Crippen LogP contribution in [0, 0.1) is 41.5 Å². The van der Waals surface area contributed by atoms with Crippen LogP contribution in [-0.2, 0) is 0 Å². The monoisotopic (exact) mass is 343 g/mol. The molecular weight excluding hydrogens is 318 g/mol. The van der Waals surface area contributed by atoms with E-state index in [2.05, 4.69) is 81.7 Å². The third-order valence-electron chi connectivity index (χ3n) is 5.40. The van der Waals surface area contributed by atoms with E-state index in [-0.39, 0.29) is 0 Å². The van der Waals surface area contributed by atoms with Crippen LogP contribution in [0.5, 0.6) is 0 Å². The number of rotatable bonds is 3. The molecule has 0 spiro atoms. The van der Waals surface area contributed by atoms with Gasteiger partial charge in [0.2, 0.25) is 0 Å². The molecule has 0 aliphatic carbocycles. The normalized spacial score (nSPS) is 11.5. The molecular formula is C23H25N3. The standard InChI is InChI=1S/C23H25N3/c1-13-8-10-21(16(4)15(13)3)25-26-23-14(2)12-19-9-11-20(24-7)17(5)22(19)18(23)6/h8-12H,7H2,1-6H3. The Morgan fingerprint density at radius 1 is 0.654 bits per heavy atom. The first-order valence-electron chi connectivity index (χ1n) is 8.84. The maximum Gasteiger partial charge on any atom is 0.0921 e. The number of hydrogen-bond donors (Lipinski definition) is 0. The van der Waals surface area contributed by atoms with Gasteiger partial charge in [-0.25, -0.2) is 0 Å². The summed E-state index contributed by atoms with van der Waals surface area (Å²) < 4.78 is 0. The summed E-state index contributed by atoms with van der Waals surface area (Å²) in [5, 5.41) is 11.6. The SMILES string of the molecule is C=Nc1ccc2cc(C)c(N=Nc3ccc(C)c(C)c3C)c(C)c2c1C. The van der Waals surface area contributed by atoms with Crippen LogP contribution >= 0.6 is 0 Å². The summed E-state index contributed by atoms with van der Waals surface area (Å²) in [7, 11) is 0. The third kappa shape index (κ3) is 2.94. The summed E-state index contributed by atoms with van der Waals surface area (Å²) in [5.41, 5.74) is 9.88. The maximum absolute atomic E-state index is 4.63. The van der Waals surface area contributed by atoms with Gasteiger partial charge >= 0.3 is 0 Å². The Morgan fingerprint density at radius 3 is 2.04 bits per heavy atom. The smallest absolute Gasteiger partial charge is 0.0921 e. The van der Waals surface area contributed by atoms with Crippen LogP contribution < -0.4 is 0 Å². The molecule has 0 saturated carbocycles. The van der Waals surface area contributed by atoms with Gasteiger partial charge in [-0.1, -0.05) is 12.1 Å². The summed E-state index contributed by atoms with van der Waals surface area (Å²) in [6.07, 6.45) is 0. The van der Waals surface area contributed by atoms with E-state index in [0.29, 0.717) is 0 Å². The minimum Gasteiger partial charge on any atom is -0.264 e. The predicted octanol–water partition coefficient (Wildman–Crippen LogP) is 7.44. The molecule has 3 aromatic carbocycles. The Kier molecular flexibility index (Phi) is 4.73. The lowest BCUT2D eigenvalue weighted by Crippen LogP contribution is -1.89. The van der Waals surface area contributed by atoms with E-state index >= 15 is 0 Å². The highest BCUT2D eigenvalue weighted by Crippen LogP contribution is 2.37. The van der Waals surface area contributed by atoms with Gasteiger partial charge in [0.15, 0.2) is 0 Å². The fourth-order valence-electron chi connectivity index (χ4n) is 3.53. The zero-order chi connectivity index (χ0) is 19.0. The van der Waals surface area contributed by atoms with E-state index in [1.165, 1.54) is 27.5 Å². The Morgan fingerprint density at radius 2 is 1.35 bits per heavy atom. The zero-order valence-electron chi connectivity index (χ0n) is 16.4. The molecule has 0 aliphatic rings. The molecule has 0 radical (unpaired) electrons. The summed E-state index contributed by atoms with van der Waals surface area (Å²) in [5.74, 6) is 0. The van der Waals surface area contributed by atoms with Gasteiger partial charge in [0.25, 0.3) is 0 Å². The molecule has 0 saturated heterocycles. The fraction of sp³-hybridized carbons (Fsp3) is 0.261. The van der Waals surface area contributed by atoms with Crippen LogP contribution in [0.1, 0.15) is 33.4 Å². The Balaban J connectivity index is 2.18. The van der Waals surface area contributed by atoms with Crippen molar-refractivity contribution in [3.8, 4) is 0 Å². The van der Waals surface area contributed by atoms with Crippen LogP contribution in [0.15, 0.2) is 45.6 Å². The largest absolute Gasteiger partial charge is 0.264 e. The fourth-order valence-corrected chi connectivity index (χ4v) is 3.53. The minimum atomic E-state index is 0.914. The molecule has 0 fully saturated rings. The van der Waals surface area contributed by atoms with E-state index in [0.717, 1.165) is 33.8 Å². The molecule has 3 heteroatoms. The molecule has 0 bridgehead atoms. The molecule has 0 amide bonds. The zero-order valence-corrected chi connectivity index (χ0v) is 16.4. The maximum atomic E-state index is 4.63. The molecule has 0 unspecified atom stereocenters. The molecule has 0 N–H and O–H groups in total. The second-order valence-corrected chi connectivity index (χ2v) is 6.98. The summed E-state index contributed by atoms with van der Waals surface area (Å²) in [6.45, 7) is 16.3. The summed E-state index contributed by atoms with van der Waals surface area (Å²) in [6, 6.07) is 10.4. The van der Waals surface area contributed by atoms with Crippen molar-refractivity contribution in [2.24, 2.45) is 15.2 Å². The predicted molar refractivity (Wildman–Crippen MR) is 112 cm³/mol. The molecule has 132 valence electrons. The van der Waals surface area contributed by atoms with Crippen molar-refractivity contribution in [3.05, 3.63) is 63.7 Å². The van der Waals surface area contributed by atoms with Crippen molar-refractivity contribution in [2.45, 2.75) is 41.5 Å². The lowest BCUT2D eigenvalue weighted by molar-refractivity contribution is 1.16. The number of benzene rings is 3. The van der Waals surface area contributed by atoms with Crippen LogP contribution in [0.25, 0.3) is 10.8 Å². The first-order valence-corrected chi connectivity index (χ1v) is 8.84. The Labute approximate surface area is 155 Å². The van der Waals surface area contributed by atoms with Crippen molar-refractivity contribution < 1.29 is 0 Å². The van der Waals surface area contributed by atoms with Gasteiger partial charge in [0, 0.05) is 0 Å². The van der Waals surface area contributed by atoms with Crippen molar-refractivity contribution in [1.29, 1.82) is 0 Å². The Bertz CT molecular complexity index is 1060. The third-order valence-corrected chi connectivity index (χ3v) is 5.40. The van der Waals surface area contributed by atoms with E-state index in [1.807, 2.05) is 12.1 Å². The van der Waals surface area contributed by atoms with Crippen molar-refractivity contribution in [2.75, 3.05) is 0 Å². The van der Waals surface area contributed by atoms with Crippen LogP contribution in [0.4, 0.5) is 17.1 Å². The average molecular weight is 343 g/mol. The molecule has 0 heterocycles. The van der Waals surface area contributed by atoms with Gasteiger partial charge in [0.1, 0.15) is 0 Å². The molecule has 3 aromatic rings. The van der Waals surface area contributed by atoms with E-state index < -0.39 is 0 Å². The quantitative estimate of drug-likeness (QED) is 0.350. The summed E-state index contributed by atoms with van der Waals surface area (Å²) in [4.78, 5) is 4.13. The molecule has 0 atom stereocenters.